The summed E-state index contributed by atoms with van der Waals surface area (Å²) in [6.07, 6.45) is 0. The third kappa shape index (κ3) is 5.46. The highest BCUT2D eigenvalue weighted by Gasteiger charge is 2.06. The predicted octanol–water partition coefficient (Wildman–Crippen LogP) is 1.58. The molecule has 6 heteroatoms. The Labute approximate surface area is 118 Å². The van der Waals surface area contributed by atoms with Crippen molar-refractivity contribution < 1.29 is 9.53 Å². The van der Waals surface area contributed by atoms with Gasteiger partial charge in [0.25, 0.3) is 0 Å². The van der Waals surface area contributed by atoms with Crippen molar-refractivity contribution in [3.63, 3.8) is 0 Å². The summed E-state index contributed by atoms with van der Waals surface area (Å²) >= 11 is 6.13. The van der Waals surface area contributed by atoms with E-state index in [0.717, 1.165) is 5.69 Å². The highest BCUT2D eigenvalue weighted by Crippen LogP contribution is 2.27. The summed E-state index contributed by atoms with van der Waals surface area (Å²) in [5.41, 5.74) is 1.60. The number of halogens is 1. The van der Waals surface area contributed by atoms with Gasteiger partial charge in [-0.15, -0.1) is 0 Å². The average molecular weight is 286 g/mol. The molecule has 0 spiro atoms. The first kappa shape index (κ1) is 15.8. The van der Waals surface area contributed by atoms with E-state index in [4.69, 9.17) is 16.3 Å². The summed E-state index contributed by atoms with van der Waals surface area (Å²) < 4.78 is 4.88. The molecular formula is C13H20ClN3O2. The first-order chi connectivity index (χ1) is 9.04. The minimum atomic E-state index is -0.107. The molecule has 0 unspecified atom stereocenters. The Morgan fingerprint density at radius 2 is 2.16 bits per heavy atom. The summed E-state index contributed by atoms with van der Waals surface area (Å²) in [6, 6.07) is 5.44. The van der Waals surface area contributed by atoms with E-state index in [2.05, 4.69) is 10.6 Å². The minimum absolute atomic E-state index is 0.107. The minimum Gasteiger partial charge on any atom is -0.383 e. The molecule has 1 aromatic rings. The Bertz CT molecular complexity index is 424. The van der Waals surface area contributed by atoms with E-state index in [1.165, 1.54) is 0 Å². The maximum absolute atomic E-state index is 11.6. The van der Waals surface area contributed by atoms with E-state index in [0.29, 0.717) is 23.9 Å². The van der Waals surface area contributed by atoms with Crippen LogP contribution in [0.5, 0.6) is 0 Å². The Hall–Kier alpha value is -1.30. The lowest BCUT2D eigenvalue weighted by atomic mass is 10.2. The fourth-order valence-corrected chi connectivity index (χ4v) is 1.88. The number of carbonyl (C=O) groups excluding carboxylic acids is 1. The molecule has 0 saturated carbocycles. The maximum atomic E-state index is 11.6. The summed E-state index contributed by atoms with van der Waals surface area (Å²) in [7, 11) is 5.45. The molecule has 0 saturated heterocycles. The molecule has 0 atom stereocenters. The zero-order valence-corrected chi connectivity index (χ0v) is 12.3. The average Bonchev–Trinajstić information content (AvgIpc) is 2.34. The quantitative estimate of drug-likeness (QED) is 0.747. The van der Waals surface area contributed by atoms with E-state index in [9.17, 15) is 4.79 Å². The number of anilines is 2. The molecule has 106 valence electrons. The van der Waals surface area contributed by atoms with Gasteiger partial charge >= 0.3 is 0 Å². The molecular weight excluding hydrogens is 266 g/mol. The van der Waals surface area contributed by atoms with Crippen LogP contribution in [0.25, 0.3) is 0 Å². The standard InChI is InChI=1S/C13H20ClN3O2/c1-17(2)12-5-4-10(8-11(12)14)16-13(18)9-15-6-7-19-3/h4-5,8,15H,6-7,9H2,1-3H3,(H,16,18). The summed E-state index contributed by atoms with van der Waals surface area (Å²) in [5.74, 6) is -0.107. The van der Waals surface area contributed by atoms with Crippen molar-refractivity contribution in [2.24, 2.45) is 0 Å². The van der Waals surface area contributed by atoms with Gasteiger partial charge in [-0.05, 0) is 18.2 Å². The third-order valence-electron chi connectivity index (χ3n) is 2.48. The normalized spacial score (nSPS) is 10.3. The van der Waals surface area contributed by atoms with Crippen LogP contribution < -0.4 is 15.5 Å². The molecule has 0 heterocycles. The van der Waals surface area contributed by atoms with Gasteiger partial charge in [-0.25, -0.2) is 0 Å². The van der Waals surface area contributed by atoms with Gasteiger partial charge < -0.3 is 20.3 Å². The third-order valence-corrected chi connectivity index (χ3v) is 2.78. The molecule has 19 heavy (non-hydrogen) atoms. The molecule has 0 aliphatic rings. The van der Waals surface area contributed by atoms with Crippen LogP contribution in [0.15, 0.2) is 18.2 Å². The Balaban J connectivity index is 2.48. The fourth-order valence-electron chi connectivity index (χ4n) is 1.53. The molecule has 0 radical (unpaired) electrons. The van der Waals surface area contributed by atoms with Crippen molar-refractivity contribution in [2.75, 3.05) is 51.1 Å². The van der Waals surface area contributed by atoms with E-state index in [-0.39, 0.29) is 12.5 Å². The van der Waals surface area contributed by atoms with E-state index in [1.54, 1.807) is 13.2 Å². The number of nitrogens with zero attached hydrogens (tertiary/aromatic N) is 1. The monoisotopic (exact) mass is 285 g/mol. The second kappa shape index (κ2) is 7.99. The topological polar surface area (TPSA) is 53.6 Å². The Morgan fingerprint density at radius 1 is 1.42 bits per heavy atom. The number of methoxy groups -OCH3 is 1. The summed E-state index contributed by atoms with van der Waals surface area (Å²) in [6.45, 7) is 1.47. The zero-order chi connectivity index (χ0) is 14.3. The largest absolute Gasteiger partial charge is 0.383 e. The molecule has 0 aliphatic carbocycles. The van der Waals surface area contributed by atoms with Crippen LogP contribution in [0.1, 0.15) is 0 Å². The molecule has 0 bridgehead atoms. The van der Waals surface area contributed by atoms with Gasteiger partial charge in [-0.2, -0.15) is 0 Å². The van der Waals surface area contributed by atoms with Crippen LogP contribution in [-0.2, 0) is 9.53 Å². The van der Waals surface area contributed by atoms with Crippen molar-refractivity contribution in [2.45, 2.75) is 0 Å². The molecule has 2 N–H and O–H groups in total. The van der Waals surface area contributed by atoms with Gasteiger partial charge in [-0.3, -0.25) is 4.79 Å². The number of hydrogen-bond donors (Lipinski definition) is 2. The zero-order valence-electron chi connectivity index (χ0n) is 11.5. The van der Waals surface area contributed by atoms with Gasteiger partial charge in [0.05, 0.1) is 23.9 Å². The smallest absolute Gasteiger partial charge is 0.238 e. The highest BCUT2D eigenvalue weighted by atomic mass is 35.5. The van der Waals surface area contributed by atoms with Crippen molar-refractivity contribution in [1.29, 1.82) is 0 Å². The molecule has 1 aromatic carbocycles. The number of ether oxygens (including phenoxy) is 1. The molecule has 0 fully saturated rings. The van der Waals surface area contributed by atoms with Gasteiger partial charge in [-0.1, -0.05) is 11.6 Å². The first-order valence-electron chi connectivity index (χ1n) is 6.01. The predicted molar refractivity (Wildman–Crippen MR) is 79.2 cm³/mol. The molecule has 1 rings (SSSR count). The van der Waals surface area contributed by atoms with E-state index < -0.39 is 0 Å². The Morgan fingerprint density at radius 3 is 2.74 bits per heavy atom. The van der Waals surface area contributed by atoms with Crippen molar-refractivity contribution in [1.82, 2.24) is 5.32 Å². The van der Waals surface area contributed by atoms with Crippen LogP contribution in [0.3, 0.4) is 0 Å². The van der Waals surface area contributed by atoms with Crippen LogP contribution in [-0.4, -0.2) is 46.8 Å². The van der Waals surface area contributed by atoms with Crippen LogP contribution >= 0.6 is 11.6 Å². The lowest BCUT2D eigenvalue weighted by Crippen LogP contribution is -2.30. The highest BCUT2D eigenvalue weighted by molar-refractivity contribution is 6.33. The van der Waals surface area contributed by atoms with Crippen LogP contribution in [0.4, 0.5) is 11.4 Å². The Kier molecular flexibility index (Phi) is 6.62. The number of benzene rings is 1. The maximum Gasteiger partial charge on any atom is 0.238 e. The summed E-state index contributed by atoms with van der Waals surface area (Å²) in [5, 5.41) is 6.36. The van der Waals surface area contributed by atoms with Crippen molar-refractivity contribution in [3.8, 4) is 0 Å². The van der Waals surface area contributed by atoms with Crippen LogP contribution in [0.2, 0.25) is 5.02 Å². The number of carbonyl (C=O) groups is 1. The van der Waals surface area contributed by atoms with E-state index in [1.807, 2.05) is 31.1 Å². The second-order valence-corrected chi connectivity index (χ2v) is 4.69. The van der Waals surface area contributed by atoms with Gasteiger partial charge in [0, 0.05) is 33.4 Å². The number of rotatable bonds is 7. The summed E-state index contributed by atoms with van der Waals surface area (Å²) in [4.78, 5) is 13.6. The molecule has 1 amide bonds. The molecule has 0 aliphatic heterocycles. The lowest BCUT2D eigenvalue weighted by Gasteiger charge is -2.15. The van der Waals surface area contributed by atoms with Crippen molar-refractivity contribution >= 4 is 28.9 Å². The second-order valence-electron chi connectivity index (χ2n) is 4.28. The van der Waals surface area contributed by atoms with Gasteiger partial charge in [0.2, 0.25) is 5.91 Å². The van der Waals surface area contributed by atoms with E-state index >= 15 is 0 Å². The molecule has 0 aromatic heterocycles. The molecule has 5 nitrogen and oxygen atoms in total. The van der Waals surface area contributed by atoms with Gasteiger partial charge in [0.15, 0.2) is 0 Å². The fraction of sp³-hybridized carbons (Fsp3) is 0.462. The van der Waals surface area contributed by atoms with Crippen molar-refractivity contribution in [3.05, 3.63) is 23.2 Å². The number of nitrogens with one attached hydrogen (secondary N) is 2. The number of hydrogen-bond acceptors (Lipinski definition) is 4. The first-order valence-corrected chi connectivity index (χ1v) is 6.38. The number of amides is 1. The van der Waals surface area contributed by atoms with Gasteiger partial charge in [0.1, 0.15) is 0 Å². The lowest BCUT2D eigenvalue weighted by molar-refractivity contribution is -0.115. The van der Waals surface area contributed by atoms with Crippen LogP contribution in [0, 0.1) is 0 Å². The SMILES string of the molecule is COCCNCC(=O)Nc1ccc(N(C)C)c(Cl)c1.